The molecule has 1 unspecified atom stereocenters. The van der Waals surface area contributed by atoms with Gasteiger partial charge >= 0.3 is 0 Å². The van der Waals surface area contributed by atoms with E-state index in [0.29, 0.717) is 25.1 Å². The van der Waals surface area contributed by atoms with Gasteiger partial charge < -0.3 is 16.0 Å². The molecule has 2 heterocycles. The topological polar surface area (TPSA) is 105 Å². The summed E-state index contributed by atoms with van der Waals surface area (Å²) in [6.07, 6.45) is 0.629. The number of imide groups is 1. The first-order valence-corrected chi connectivity index (χ1v) is 9.78. The van der Waals surface area contributed by atoms with Gasteiger partial charge in [0.15, 0.2) is 0 Å². The van der Waals surface area contributed by atoms with Crippen molar-refractivity contribution in [3.8, 4) is 0 Å². The summed E-state index contributed by atoms with van der Waals surface area (Å²) in [6, 6.07) is 13.2. The molecular formula is C22H24N4O3. The van der Waals surface area contributed by atoms with Crippen molar-refractivity contribution < 1.29 is 14.4 Å². The molecule has 150 valence electrons. The van der Waals surface area contributed by atoms with Crippen LogP contribution in [-0.2, 0) is 22.7 Å². The number of piperidine rings is 1. The van der Waals surface area contributed by atoms with Crippen molar-refractivity contribution in [2.45, 2.75) is 44.9 Å². The molecule has 7 nitrogen and oxygen atoms in total. The maximum absolute atomic E-state index is 12.7. The number of nitrogens with zero attached hydrogens (tertiary/aromatic N) is 1. The molecule has 0 saturated carbocycles. The van der Waals surface area contributed by atoms with Crippen LogP contribution >= 0.6 is 0 Å². The Morgan fingerprint density at radius 3 is 2.62 bits per heavy atom. The molecule has 1 fully saturated rings. The van der Waals surface area contributed by atoms with Crippen LogP contribution < -0.4 is 16.4 Å². The highest BCUT2D eigenvalue weighted by molar-refractivity contribution is 6.05. The van der Waals surface area contributed by atoms with E-state index < -0.39 is 6.04 Å². The number of nitrogens with one attached hydrogen (secondary N) is 2. The van der Waals surface area contributed by atoms with Gasteiger partial charge in [-0.1, -0.05) is 24.3 Å². The third-order valence-corrected chi connectivity index (χ3v) is 5.52. The maximum atomic E-state index is 12.7. The molecule has 1 saturated heterocycles. The van der Waals surface area contributed by atoms with Crippen molar-refractivity contribution in [3.05, 3.63) is 64.7 Å². The molecule has 29 heavy (non-hydrogen) atoms. The molecule has 0 radical (unpaired) electrons. The first-order valence-electron chi connectivity index (χ1n) is 9.78. The van der Waals surface area contributed by atoms with Gasteiger partial charge in [-0.3, -0.25) is 19.7 Å². The predicted molar refractivity (Wildman–Crippen MR) is 109 cm³/mol. The predicted octanol–water partition coefficient (Wildman–Crippen LogP) is 2.08. The number of carbonyl (C=O) groups is 3. The van der Waals surface area contributed by atoms with Crippen LogP contribution in [-0.4, -0.2) is 28.7 Å². The van der Waals surface area contributed by atoms with E-state index in [1.807, 2.05) is 49.4 Å². The zero-order valence-electron chi connectivity index (χ0n) is 16.3. The van der Waals surface area contributed by atoms with Gasteiger partial charge in [-0.05, 0) is 48.2 Å². The molecule has 0 bridgehead atoms. The average molecular weight is 392 g/mol. The quantitative estimate of drug-likeness (QED) is 0.676. The molecule has 2 aromatic carbocycles. The summed E-state index contributed by atoms with van der Waals surface area (Å²) >= 11 is 0. The SMILES string of the molecule is C[C@@H](N)c1ccc(NCc2ccc3c(c2)CN(C2CCC(=O)NC2=O)C3=O)cc1. The van der Waals surface area contributed by atoms with Crippen LogP contribution in [0.15, 0.2) is 42.5 Å². The first-order chi connectivity index (χ1) is 13.9. The van der Waals surface area contributed by atoms with Gasteiger partial charge in [-0.2, -0.15) is 0 Å². The van der Waals surface area contributed by atoms with E-state index >= 15 is 0 Å². The Labute approximate surface area is 169 Å². The molecule has 7 heteroatoms. The van der Waals surface area contributed by atoms with E-state index in [1.165, 1.54) is 0 Å². The summed E-state index contributed by atoms with van der Waals surface area (Å²) in [5, 5.41) is 5.70. The van der Waals surface area contributed by atoms with Gasteiger partial charge in [0, 0.05) is 36.8 Å². The Hall–Kier alpha value is -3.19. The van der Waals surface area contributed by atoms with Gasteiger partial charge in [-0.25, -0.2) is 0 Å². The number of carbonyl (C=O) groups excluding carboxylic acids is 3. The van der Waals surface area contributed by atoms with E-state index in [9.17, 15) is 14.4 Å². The second-order valence-corrected chi connectivity index (χ2v) is 7.66. The second-order valence-electron chi connectivity index (χ2n) is 7.66. The fraction of sp³-hybridized carbons (Fsp3) is 0.318. The van der Waals surface area contributed by atoms with Gasteiger partial charge in [0.2, 0.25) is 11.8 Å². The largest absolute Gasteiger partial charge is 0.381 e. The molecule has 4 rings (SSSR count). The standard InChI is InChI=1S/C22H24N4O3/c1-13(23)15-3-5-17(6-4-15)24-11-14-2-7-18-16(10-14)12-26(22(18)29)19-8-9-20(27)25-21(19)28/h2-7,10,13,19,24H,8-9,11-12,23H2,1H3,(H,25,27,28)/t13-,19?/m1/s1. The number of rotatable bonds is 5. The molecular weight excluding hydrogens is 368 g/mol. The summed E-state index contributed by atoms with van der Waals surface area (Å²) < 4.78 is 0. The Kier molecular flexibility index (Phi) is 5.07. The zero-order chi connectivity index (χ0) is 20.5. The number of fused-ring (bicyclic) bond motifs is 1. The van der Waals surface area contributed by atoms with Gasteiger partial charge in [0.05, 0.1) is 0 Å². The van der Waals surface area contributed by atoms with Crippen molar-refractivity contribution in [2.24, 2.45) is 5.73 Å². The number of hydrogen-bond acceptors (Lipinski definition) is 5. The highest BCUT2D eigenvalue weighted by atomic mass is 16.2. The fourth-order valence-corrected chi connectivity index (χ4v) is 3.85. The molecule has 3 amide bonds. The van der Waals surface area contributed by atoms with Crippen LogP contribution in [0.3, 0.4) is 0 Å². The lowest BCUT2D eigenvalue weighted by atomic mass is 10.0. The Bertz CT molecular complexity index is 969. The minimum atomic E-state index is -0.586. The summed E-state index contributed by atoms with van der Waals surface area (Å²) in [6.45, 7) is 2.96. The average Bonchev–Trinajstić information content (AvgIpc) is 3.02. The Morgan fingerprint density at radius 2 is 1.93 bits per heavy atom. The lowest BCUT2D eigenvalue weighted by Crippen LogP contribution is -2.52. The number of hydrogen-bond donors (Lipinski definition) is 3. The lowest BCUT2D eigenvalue weighted by Gasteiger charge is -2.29. The van der Waals surface area contributed by atoms with Gasteiger partial charge in [-0.15, -0.1) is 0 Å². The smallest absolute Gasteiger partial charge is 0.255 e. The summed E-state index contributed by atoms with van der Waals surface area (Å²) in [7, 11) is 0. The first kappa shape index (κ1) is 19.1. The lowest BCUT2D eigenvalue weighted by molar-refractivity contribution is -0.136. The number of nitrogens with two attached hydrogens (primary N) is 1. The van der Waals surface area contributed by atoms with Crippen molar-refractivity contribution in [2.75, 3.05) is 5.32 Å². The second kappa shape index (κ2) is 7.67. The van der Waals surface area contributed by atoms with Crippen LogP contribution in [0.2, 0.25) is 0 Å². The summed E-state index contributed by atoms with van der Waals surface area (Å²) in [5.41, 5.74) is 10.5. The molecule has 0 aliphatic carbocycles. The monoisotopic (exact) mass is 392 g/mol. The molecule has 2 aliphatic heterocycles. The van der Waals surface area contributed by atoms with Crippen molar-refractivity contribution in [3.63, 3.8) is 0 Å². The van der Waals surface area contributed by atoms with Crippen LogP contribution in [0.25, 0.3) is 0 Å². The van der Waals surface area contributed by atoms with Crippen LogP contribution in [0.5, 0.6) is 0 Å². The minimum Gasteiger partial charge on any atom is -0.381 e. The fourth-order valence-electron chi connectivity index (χ4n) is 3.85. The van der Waals surface area contributed by atoms with E-state index in [1.54, 1.807) is 4.90 Å². The minimum absolute atomic E-state index is 0.00519. The molecule has 2 aromatic rings. The third-order valence-electron chi connectivity index (χ3n) is 5.52. The van der Waals surface area contributed by atoms with Gasteiger partial charge in [0.1, 0.15) is 6.04 Å². The molecule has 2 atom stereocenters. The highest BCUT2D eigenvalue weighted by Crippen LogP contribution is 2.28. The Morgan fingerprint density at radius 1 is 1.17 bits per heavy atom. The van der Waals surface area contributed by atoms with Crippen LogP contribution in [0.1, 0.15) is 52.9 Å². The maximum Gasteiger partial charge on any atom is 0.255 e. The summed E-state index contributed by atoms with van der Waals surface area (Å²) in [4.78, 5) is 37.8. The van der Waals surface area contributed by atoms with Gasteiger partial charge in [0.25, 0.3) is 5.91 Å². The zero-order valence-corrected chi connectivity index (χ0v) is 16.3. The number of anilines is 1. The highest BCUT2D eigenvalue weighted by Gasteiger charge is 2.38. The number of amides is 3. The molecule has 4 N–H and O–H groups in total. The Balaban J connectivity index is 1.43. The molecule has 2 aliphatic rings. The van der Waals surface area contributed by atoms with E-state index in [4.69, 9.17) is 5.73 Å². The normalized spacial score (nSPS) is 19.7. The number of benzene rings is 2. The van der Waals surface area contributed by atoms with Crippen LogP contribution in [0.4, 0.5) is 5.69 Å². The van der Waals surface area contributed by atoms with E-state index in [-0.39, 0.29) is 30.2 Å². The third kappa shape index (κ3) is 3.86. The van der Waals surface area contributed by atoms with E-state index in [0.717, 1.165) is 22.4 Å². The van der Waals surface area contributed by atoms with Crippen molar-refractivity contribution >= 4 is 23.4 Å². The van der Waals surface area contributed by atoms with Crippen LogP contribution in [0, 0.1) is 0 Å². The van der Waals surface area contributed by atoms with E-state index in [2.05, 4.69) is 10.6 Å². The van der Waals surface area contributed by atoms with Crippen molar-refractivity contribution in [1.82, 2.24) is 10.2 Å². The van der Waals surface area contributed by atoms with Crippen molar-refractivity contribution in [1.29, 1.82) is 0 Å². The molecule has 0 spiro atoms. The summed E-state index contributed by atoms with van der Waals surface area (Å²) in [5.74, 6) is -0.822. The molecule has 0 aromatic heterocycles.